The van der Waals surface area contributed by atoms with Crippen molar-refractivity contribution < 1.29 is 49.0 Å². The van der Waals surface area contributed by atoms with Gasteiger partial charge in [-0.3, -0.25) is 9.69 Å². The highest BCUT2D eigenvalue weighted by Crippen LogP contribution is 2.31. The molecule has 1 aliphatic heterocycles. The van der Waals surface area contributed by atoms with E-state index < -0.39 is 48.7 Å². The Hall–Kier alpha value is -3.36. The van der Waals surface area contributed by atoms with Gasteiger partial charge in [-0.25, -0.2) is 9.59 Å². The monoisotopic (exact) mass is 578 g/mol. The van der Waals surface area contributed by atoms with Crippen molar-refractivity contribution in [3.63, 3.8) is 0 Å². The second-order valence-corrected chi connectivity index (χ2v) is 10.1. The quantitative estimate of drug-likeness (QED) is 0.183. The van der Waals surface area contributed by atoms with Crippen LogP contribution in [0.4, 0.5) is 10.5 Å². The zero-order valence-electron chi connectivity index (χ0n) is 22.1. The number of aryl methyl sites for hydroxylation is 1. The zero-order valence-corrected chi connectivity index (χ0v) is 23.0. The number of ether oxygens (including phenoxy) is 3. The van der Waals surface area contributed by atoms with Crippen molar-refractivity contribution in [2.24, 2.45) is 0 Å². The van der Waals surface area contributed by atoms with Crippen LogP contribution in [0.2, 0.25) is 0 Å². The number of nitrogens with one attached hydrogen (secondary N) is 1. The maximum atomic E-state index is 12.6. The summed E-state index contributed by atoms with van der Waals surface area (Å²) in [4.78, 5) is 37.4. The van der Waals surface area contributed by atoms with Crippen LogP contribution >= 0.6 is 11.8 Å². The molecule has 2 aromatic rings. The second kappa shape index (κ2) is 14.9. The summed E-state index contributed by atoms with van der Waals surface area (Å²) >= 11 is 1.62. The molecule has 0 spiro atoms. The largest absolute Gasteiger partial charge is 0.479 e. The van der Waals surface area contributed by atoms with E-state index in [1.54, 1.807) is 22.7 Å². The maximum Gasteiger partial charge on any atom is 0.410 e. The number of hydrogen-bond donors (Lipinski definition) is 5. The molecule has 3 unspecified atom stereocenters. The van der Waals surface area contributed by atoms with Crippen LogP contribution < -0.4 is 10.1 Å². The molecule has 2 amide bonds. The molecule has 1 saturated heterocycles. The Bertz CT molecular complexity index is 1150. The number of rotatable bonds is 12. The van der Waals surface area contributed by atoms with Gasteiger partial charge in [0.15, 0.2) is 6.10 Å². The van der Waals surface area contributed by atoms with Gasteiger partial charge in [-0.15, -0.1) is 11.8 Å². The van der Waals surface area contributed by atoms with E-state index >= 15 is 0 Å². The summed E-state index contributed by atoms with van der Waals surface area (Å²) in [6.45, 7) is 3.47. The van der Waals surface area contributed by atoms with Gasteiger partial charge in [-0.2, -0.15) is 0 Å². The van der Waals surface area contributed by atoms with Crippen molar-refractivity contribution in [2.75, 3.05) is 23.5 Å². The lowest BCUT2D eigenvalue weighted by Gasteiger charge is -2.38. The topological polar surface area (TPSA) is 175 Å². The normalized spacial score (nSPS) is 22.3. The maximum absolute atomic E-state index is 12.6. The zero-order chi connectivity index (χ0) is 29.2. The lowest BCUT2D eigenvalue weighted by molar-refractivity contribution is -0.271. The Balaban J connectivity index is 1.60. The van der Waals surface area contributed by atoms with Crippen LogP contribution in [-0.2, 0) is 32.1 Å². The summed E-state index contributed by atoms with van der Waals surface area (Å²) in [6.07, 6.45) is -8.61. The number of aliphatic hydroxyl groups excluding tert-OH is 3. The van der Waals surface area contributed by atoms with Gasteiger partial charge in [0.1, 0.15) is 30.7 Å². The Kier molecular flexibility index (Phi) is 11.6. The summed E-state index contributed by atoms with van der Waals surface area (Å²) in [6, 6.07) is 14.5. The number of carboxylic acids is 1. The third kappa shape index (κ3) is 8.57. The van der Waals surface area contributed by atoms with Crippen molar-refractivity contribution >= 4 is 35.4 Å². The molecule has 5 atom stereocenters. The average Bonchev–Trinajstić information content (AvgIpc) is 2.93. The fourth-order valence-corrected chi connectivity index (χ4v) is 4.87. The molecule has 218 valence electrons. The predicted octanol–water partition coefficient (Wildman–Crippen LogP) is 1.81. The predicted molar refractivity (Wildman–Crippen MR) is 146 cm³/mol. The van der Waals surface area contributed by atoms with Crippen molar-refractivity contribution in [3.8, 4) is 5.75 Å². The molecule has 40 heavy (non-hydrogen) atoms. The smallest absolute Gasteiger partial charge is 0.410 e. The van der Waals surface area contributed by atoms with Crippen LogP contribution in [0.15, 0.2) is 48.5 Å². The van der Waals surface area contributed by atoms with Gasteiger partial charge in [0.25, 0.3) is 0 Å². The SMILES string of the molecule is CCN(CSCCc1ccccc1)C(=O)OCc1ccc(O[C@H]2OC(C(=O)O)C(O)[C@H](O)C2O)c(NC(C)=O)c1. The molecular weight excluding hydrogens is 544 g/mol. The minimum absolute atomic E-state index is 0.00736. The van der Waals surface area contributed by atoms with E-state index in [1.807, 2.05) is 25.1 Å². The standard InChI is InChI=1S/C27H34N2O10S/c1-3-29(15-40-12-11-17-7-5-4-6-8-17)27(36)37-14-18-9-10-20(19(13-18)28-16(2)30)38-26-23(33)21(31)22(32)24(39-26)25(34)35/h4-10,13,21-24,26,31-33H,3,11-12,14-15H2,1-2H3,(H,28,30)(H,34,35)/t21-,22?,23?,24?,26-/m0/s1. The van der Waals surface area contributed by atoms with Crippen molar-refractivity contribution in [2.45, 2.75) is 57.6 Å². The molecule has 1 aliphatic rings. The van der Waals surface area contributed by atoms with Crippen LogP contribution in [0.1, 0.15) is 25.0 Å². The fourth-order valence-electron chi connectivity index (χ4n) is 3.85. The molecule has 3 rings (SSSR count). The highest BCUT2D eigenvalue weighted by molar-refractivity contribution is 7.99. The van der Waals surface area contributed by atoms with Gasteiger partial charge in [0.05, 0.1) is 11.6 Å². The summed E-state index contributed by atoms with van der Waals surface area (Å²) < 4.78 is 16.2. The van der Waals surface area contributed by atoms with E-state index in [9.17, 15) is 34.8 Å². The third-order valence-electron chi connectivity index (χ3n) is 6.04. The Morgan fingerprint density at radius 2 is 1.75 bits per heavy atom. The highest BCUT2D eigenvalue weighted by Gasteiger charge is 2.48. The lowest BCUT2D eigenvalue weighted by atomic mass is 9.99. The minimum atomic E-state index is -1.87. The number of thioether (sulfide) groups is 1. The minimum Gasteiger partial charge on any atom is -0.479 e. The second-order valence-electron chi connectivity index (χ2n) is 9.05. The van der Waals surface area contributed by atoms with E-state index in [-0.39, 0.29) is 18.0 Å². The van der Waals surface area contributed by atoms with Gasteiger partial charge in [0.2, 0.25) is 12.2 Å². The van der Waals surface area contributed by atoms with Crippen LogP contribution in [0.25, 0.3) is 0 Å². The van der Waals surface area contributed by atoms with Crippen molar-refractivity contribution in [1.29, 1.82) is 0 Å². The van der Waals surface area contributed by atoms with E-state index in [0.717, 1.165) is 12.2 Å². The summed E-state index contributed by atoms with van der Waals surface area (Å²) in [5.74, 6) is -0.701. The van der Waals surface area contributed by atoms with Gasteiger partial charge < -0.3 is 40.0 Å². The number of nitrogens with zero attached hydrogens (tertiary/aromatic N) is 1. The number of benzene rings is 2. The van der Waals surface area contributed by atoms with Crippen LogP contribution in [0.3, 0.4) is 0 Å². The van der Waals surface area contributed by atoms with Gasteiger partial charge in [-0.1, -0.05) is 36.4 Å². The van der Waals surface area contributed by atoms with Crippen LogP contribution in [0, 0.1) is 0 Å². The first-order chi connectivity index (χ1) is 19.1. The Morgan fingerprint density at radius 3 is 2.40 bits per heavy atom. The van der Waals surface area contributed by atoms with Crippen LogP contribution in [-0.4, -0.2) is 92.2 Å². The van der Waals surface area contributed by atoms with E-state index in [1.165, 1.54) is 24.6 Å². The number of hydrogen-bond acceptors (Lipinski definition) is 10. The van der Waals surface area contributed by atoms with Crippen molar-refractivity contribution in [1.82, 2.24) is 4.90 Å². The fraction of sp³-hybridized carbons (Fsp3) is 0.444. The lowest BCUT2D eigenvalue weighted by Crippen LogP contribution is -2.61. The molecule has 0 aromatic heterocycles. The molecule has 13 heteroatoms. The van der Waals surface area contributed by atoms with E-state index in [4.69, 9.17) is 14.2 Å². The number of carbonyl (C=O) groups is 3. The molecule has 0 bridgehead atoms. The van der Waals surface area contributed by atoms with Gasteiger partial charge in [-0.05, 0) is 42.4 Å². The first-order valence-electron chi connectivity index (χ1n) is 12.6. The first kappa shape index (κ1) is 31.2. The number of aliphatic hydroxyl groups is 3. The number of carbonyl (C=O) groups excluding carboxylic acids is 2. The van der Waals surface area contributed by atoms with Crippen LogP contribution in [0.5, 0.6) is 5.75 Å². The number of aliphatic carboxylic acids is 1. The first-order valence-corrected chi connectivity index (χ1v) is 13.8. The van der Waals surface area contributed by atoms with Gasteiger partial charge >= 0.3 is 12.1 Å². The third-order valence-corrected chi connectivity index (χ3v) is 7.03. The molecule has 0 aliphatic carbocycles. The number of carboxylic acid groups (broad SMARTS) is 1. The Labute approximate surface area is 235 Å². The molecule has 2 aromatic carbocycles. The van der Waals surface area contributed by atoms with E-state index in [0.29, 0.717) is 18.0 Å². The number of amides is 2. The number of anilines is 1. The molecule has 0 radical (unpaired) electrons. The summed E-state index contributed by atoms with van der Waals surface area (Å²) in [7, 11) is 0. The Morgan fingerprint density at radius 1 is 1.02 bits per heavy atom. The average molecular weight is 579 g/mol. The van der Waals surface area contributed by atoms with E-state index in [2.05, 4.69) is 17.4 Å². The molecule has 0 saturated carbocycles. The van der Waals surface area contributed by atoms with Crippen molar-refractivity contribution in [3.05, 3.63) is 59.7 Å². The molecule has 1 heterocycles. The molecule has 1 fully saturated rings. The molecule has 12 nitrogen and oxygen atoms in total. The summed E-state index contributed by atoms with van der Waals surface area (Å²) in [5, 5.41) is 41.9. The highest BCUT2D eigenvalue weighted by atomic mass is 32.2. The summed E-state index contributed by atoms with van der Waals surface area (Å²) in [5.41, 5.74) is 1.87. The molecule has 5 N–H and O–H groups in total. The molecular formula is C27H34N2O10S. The van der Waals surface area contributed by atoms with Gasteiger partial charge in [0, 0.05) is 13.5 Å².